The molecule has 2 unspecified atom stereocenters. The number of hydrogen-bond acceptors (Lipinski definition) is 3. The highest BCUT2D eigenvalue weighted by molar-refractivity contribution is 5.77. The maximum Gasteiger partial charge on any atom is 0.223 e. The van der Waals surface area contributed by atoms with E-state index in [1.165, 1.54) is 0 Å². The SMILES string of the molecule is CC1CNCCN1C(=O)CC1CCOC1. The van der Waals surface area contributed by atoms with Gasteiger partial charge in [0.15, 0.2) is 0 Å². The quantitative estimate of drug-likeness (QED) is 0.712. The average molecular weight is 212 g/mol. The lowest BCUT2D eigenvalue weighted by Crippen LogP contribution is -2.52. The smallest absolute Gasteiger partial charge is 0.223 e. The molecule has 4 nitrogen and oxygen atoms in total. The molecule has 2 rings (SSSR count). The largest absolute Gasteiger partial charge is 0.381 e. The first kappa shape index (κ1) is 10.9. The molecule has 86 valence electrons. The van der Waals surface area contributed by atoms with E-state index in [-0.39, 0.29) is 0 Å². The second-order valence-electron chi connectivity index (χ2n) is 4.57. The van der Waals surface area contributed by atoms with Crippen molar-refractivity contribution in [3.8, 4) is 0 Å². The Morgan fingerprint density at radius 2 is 2.47 bits per heavy atom. The van der Waals surface area contributed by atoms with Gasteiger partial charge in [-0.3, -0.25) is 4.79 Å². The predicted octanol–water partition coefficient (Wildman–Crippen LogP) is 0.233. The Bertz CT molecular complexity index is 227. The van der Waals surface area contributed by atoms with Crippen molar-refractivity contribution < 1.29 is 9.53 Å². The molecule has 0 bridgehead atoms. The summed E-state index contributed by atoms with van der Waals surface area (Å²) < 4.78 is 5.29. The summed E-state index contributed by atoms with van der Waals surface area (Å²) in [6, 6.07) is 0.341. The molecule has 0 aromatic carbocycles. The van der Waals surface area contributed by atoms with E-state index in [1.54, 1.807) is 0 Å². The molecule has 0 radical (unpaired) electrons. The molecule has 0 aromatic rings. The van der Waals surface area contributed by atoms with Crippen LogP contribution in [0, 0.1) is 5.92 Å². The van der Waals surface area contributed by atoms with Gasteiger partial charge in [0.05, 0.1) is 0 Å². The van der Waals surface area contributed by atoms with Gasteiger partial charge in [0.1, 0.15) is 0 Å². The summed E-state index contributed by atoms with van der Waals surface area (Å²) in [4.78, 5) is 14.0. The molecular formula is C11H20N2O2. The van der Waals surface area contributed by atoms with Gasteiger partial charge in [0.2, 0.25) is 5.91 Å². The highest BCUT2D eigenvalue weighted by Gasteiger charge is 2.26. The second kappa shape index (κ2) is 4.94. The third kappa shape index (κ3) is 2.69. The summed E-state index contributed by atoms with van der Waals surface area (Å²) in [7, 11) is 0. The Morgan fingerprint density at radius 3 is 3.13 bits per heavy atom. The van der Waals surface area contributed by atoms with E-state index in [0.29, 0.717) is 24.3 Å². The summed E-state index contributed by atoms with van der Waals surface area (Å²) in [5.41, 5.74) is 0. The first-order valence-electron chi connectivity index (χ1n) is 5.85. The highest BCUT2D eigenvalue weighted by Crippen LogP contribution is 2.18. The molecule has 2 atom stereocenters. The molecule has 2 fully saturated rings. The van der Waals surface area contributed by atoms with E-state index >= 15 is 0 Å². The number of hydrogen-bond donors (Lipinski definition) is 1. The number of amides is 1. The zero-order chi connectivity index (χ0) is 10.7. The van der Waals surface area contributed by atoms with E-state index in [2.05, 4.69) is 12.2 Å². The van der Waals surface area contributed by atoms with E-state index in [4.69, 9.17) is 4.74 Å². The lowest BCUT2D eigenvalue weighted by molar-refractivity contribution is -0.135. The number of nitrogens with zero attached hydrogens (tertiary/aromatic N) is 1. The number of nitrogens with one attached hydrogen (secondary N) is 1. The molecule has 4 heteroatoms. The number of carbonyl (C=O) groups is 1. The second-order valence-corrected chi connectivity index (χ2v) is 4.57. The molecular weight excluding hydrogens is 192 g/mol. The van der Waals surface area contributed by atoms with E-state index < -0.39 is 0 Å². The van der Waals surface area contributed by atoms with Gasteiger partial charge in [-0.1, -0.05) is 0 Å². The van der Waals surface area contributed by atoms with Gasteiger partial charge in [-0.15, -0.1) is 0 Å². The normalized spacial score (nSPS) is 31.9. The number of piperazine rings is 1. The Kier molecular flexibility index (Phi) is 3.59. The minimum atomic E-state index is 0.305. The van der Waals surface area contributed by atoms with Crippen LogP contribution >= 0.6 is 0 Å². The first-order valence-corrected chi connectivity index (χ1v) is 5.85. The van der Waals surface area contributed by atoms with Crippen LogP contribution in [0.2, 0.25) is 0 Å². The van der Waals surface area contributed by atoms with Gasteiger partial charge in [-0.25, -0.2) is 0 Å². The summed E-state index contributed by atoms with van der Waals surface area (Å²) in [5.74, 6) is 0.763. The van der Waals surface area contributed by atoms with Crippen LogP contribution in [-0.2, 0) is 9.53 Å². The first-order chi connectivity index (χ1) is 7.27. The maximum atomic E-state index is 12.0. The van der Waals surface area contributed by atoms with Crippen LogP contribution in [0.3, 0.4) is 0 Å². The monoisotopic (exact) mass is 212 g/mol. The van der Waals surface area contributed by atoms with Crippen LogP contribution in [-0.4, -0.2) is 49.7 Å². The lowest BCUT2D eigenvalue weighted by atomic mass is 10.0. The van der Waals surface area contributed by atoms with E-state index in [1.807, 2.05) is 4.90 Å². The van der Waals surface area contributed by atoms with E-state index in [9.17, 15) is 4.79 Å². The van der Waals surface area contributed by atoms with Crippen molar-refractivity contribution in [1.82, 2.24) is 10.2 Å². The van der Waals surface area contributed by atoms with Crippen LogP contribution in [0.1, 0.15) is 19.8 Å². The zero-order valence-electron chi connectivity index (χ0n) is 9.37. The molecule has 0 spiro atoms. The fourth-order valence-corrected chi connectivity index (χ4v) is 2.32. The minimum Gasteiger partial charge on any atom is -0.381 e. The third-order valence-electron chi connectivity index (χ3n) is 3.31. The summed E-state index contributed by atoms with van der Waals surface area (Å²) in [5, 5.41) is 3.29. The molecule has 1 amide bonds. The molecule has 2 heterocycles. The van der Waals surface area contributed by atoms with Crippen LogP contribution in [0.5, 0.6) is 0 Å². The Hall–Kier alpha value is -0.610. The van der Waals surface area contributed by atoms with E-state index in [0.717, 1.165) is 39.3 Å². The van der Waals surface area contributed by atoms with Gasteiger partial charge < -0.3 is 15.0 Å². The summed E-state index contributed by atoms with van der Waals surface area (Å²) >= 11 is 0. The minimum absolute atomic E-state index is 0.305. The van der Waals surface area contributed by atoms with Crippen molar-refractivity contribution in [2.75, 3.05) is 32.8 Å². The average Bonchev–Trinajstić information content (AvgIpc) is 2.71. The van der Waals surface area contributed by atoms with Crippen molar-refractivity contribution in [3.05, 3.63) is 0 Å². The fourth-order valence-electron chi connectivity index (χ4n) is 2.32. The van der Waals surface area contributed by atoms with Crippen LogP contribution in [0.25, 0.3) is 0 Å². The molecule has 2 saturated heterocycles. The Balaban J connectivity index is 1.83. The molecule has 0 aliphatic carbocycles. The van der Waals surface area contributed by atoms with Gasteiger partial charge in [-0.05, 0) is 19.3 Å². The van der Waals surface area contributed by atoms with Gasteiger partial charge in [-0.2, -0.15) is 0 Å². The predicted molar refractivity (Wildman–Crippen MR) is 57.6 cm³/mol. The van der Waals surface area contributed by atoms with Crippen molar-refractivity contribution in [1.29, 1.82) is 0 Å². The fraction of sp³-hybridized carbons (Fsp3) is 0.909. The molecule has 15 heavy (non-hydrogen) atoms. The molecule has 2 aliphatic heterocycles. The number of carbonyl (C=O) groups excluding carboxylic acids is 1. The van der Waals surface area contributed by atoms with Gasteiger partial charge >= 0.3 is 0 Å². The van der Waals surface area contributed by atoms with Crippen LogP contribution in [0.4, 0.5) is 0 Å². The Morgan fingerprint density at radius 1 is 1.60 bits per heavy atom. The lowest BCUT2D eigenvalue weighted by Gasteiger charge is -2.34. The molecule has 2 aliphatic rings. The number of ether oxygens (including phenoxy) is 1. The third-order valence-corrected chi connectivity index (χ3v) is 3.31. The van der Waals surface area contributed by atoms with Crippen LogP contribution in [0.15, 0.2) is 0 Å². The standard InChI is InChI=1S/C11H20N2O2/c1-9-7-12-3-4-13(9)11(14)6-10-2-5-15-8-10/h9-10,12H,2-8H2,1H3. The summed E-state index contributed by atoms with van der Waals surface area (Å²) in [6.45, 7) is 6.41. The molecule has 0 aromatic heterocycles. The zero-order valence-corrected chi connectivity index (χ0v) is 9.37. The van der Waals surface area contributed by atoms with Crippen molar-refractivity contribution in [2.24, 2.45) is 5.92 Å². The Labute approximate surface area is 91.0 Å². The highest BCUT2D eigenvalue weighted by atomic mass is 16.5. The van der Waals surface area contributed by atoms with Crippen LogP contribution < -0.4 is 5.32 Å². The molecule has 1 N–H and O–H groups in total. The van der Waals surface area contributed by atoms with Gasteiger partial charge in [0, 0.05) is 45.3 Å². The summed E-state index contributed by atoms with van der Waals surface area (Å²) in [6.07, 6.45) is 1.72. The molecule has 0 saturated carbocycles. The maximum absolute atomic E-state index is 12.0. The van der Waals surface area contributed by atoms with Crippen molar-refractivity contribution >= 4 is 5.91 Å². The van der Waals surface area contributed by atoms with Crippen molar-refractivity contribution in [3.63, 3.8) is 0 Å². The van der Waals surface area contributed by atoms with Gasteiger partial charge in [0.25, 0.3) is 0 Å². The van der Waals surface area contributed by atoms with Crippen molar-refractivity contribution in [2.45, 2.75) is 25.8 Å². The number of rotatable bonds is 2. The topological polar surface area (TPSA) is 41.6 Å².